The van der Waals surface area contributed by atoms with Crippen LogP contribution >= 0.6 is 0 Å². The number of hydrogen-bond donors (Lipinski definition) is 1. The van der Waals surface area contributed by atoms with Gasteiger partial charge >= 0.3 is 0 Å². The molecule has 74 valence electrons. The predicted molar refractivity (Wildman–Crippen MR) is 48.1 cm³/mol. The van der Waals surface area contributed by atoms with E-state index in [9.17, 15) is 4.79 Å². The zero-order valence-corrected chi connectivity index (χ0v) is 7.95. The summed E-state index contributed by atoms with van der Waals surface area (Å²) in [7, 11) is 0. The van der Waals surface area contributed by atoms with E-state index in [1.807, 2.05) is 4.90 Å². The molecule has 2 heterocycles. The van der Waals surface area contributed by atoms with Gasteiger partial charge in [0.25, 0.3) is 0 Å². The molecular formula is C9H16N2O2. The minimum absolute atomic E-state index is 0.0390. The Morgan fingerprint density at radius 3 is 2.77 bits per heavy atom. The molecule has 2 fully saturated rings. The van der Waals surface area contributed by atoms with Gasteiger partial charge in [-0.1, -0.05) is 6.92 Å². The van der Waals surface area contributed by atoms with Crippen LogP contribution < -0.4 is 5.73 Å². The molecule has 0 saturated carbocycles. The number of rotatable bonds is 2. The normalized spacial score (nSPS) is 32.0. The van der Waals surface area contributed by atoms with E-state index >= 15 is 0 Å². The van der Waals surface area contributed by atoms with E-state index in [2.05, 4.69) is 6.92 Å². The highest BCUT2D eigenvalue weighted by Crippen LogP contribution is 2.28. The van der Waals surface area contributed by atoms with Gasteiger partial charge in [-0.2, -0.15) is 0 Å². The maximum absolute atomic E-state index is 11.4. The number of ether oxygens (including phenoxy) is 1. The third-order valence-electron chi connectivity index (χ3n) is 2.72. The van der Waals surface area contributed by atoms with E-state index in [4.69, 9.17) is 10.5 Å². The molecule has 2 aliphatic heterocycles. The SMILES string of the molecule is CC1(CN2CC(N)CC2=O)COC1. The van der Waals surface area contributed by atoms with Crippen molar-refractivity contribution < 1.29 is 9.53 Å². The molecule has 0 radical (unpaired) electrons. The zero-order chi connectivity index (χ0) is 9.47. The zero-order valence-electron chi connectivity index (χ0n) is 7.95. The molecule has 13 heavy (non-hydrogen) atoms. The maximum Gasteiger partial charge on any atom is 0.224 e. The molecule has 1 unspecified atom stereocenters. The van der Waals surface area contributed by atoms with Crippen molar-refractivity contribution in [3.05, 3.63) is 0 Å². The number of nitrogens with two attached hydrogens (primary N) is 1. The Hall–Kier alpha value is -0.610. The van der Waals surface area contributed by atoms with Crippen LogP contribution in [0.4, 0.5) is 0 Å². The van der Waals surface area contributed by atoms with Gasteiger partial charge in [-0.05, 0) is 0 Å². The van der Waals surface area contributed by atoms with Crippen LogP contribution in [0.2, 0.25) is 0 Å². The van der Waals surface area contributed by atoms with Gasteiger partial charge in [0.05, 0.1) is 13.2 Å². The number of hydrogen-bond acceptors (Lipinski definition) is 3. The topological polar surface area (TPSA) is 55.6 Å². The molecule has 0 bridgehead atoms. The van der Waals surface area contributed by atoms with E-state index in [1.165, 1.54) is 0 Å². The summed E-state index contributed by atoms with van der Waals surface area (Å²) in [5, 5.41) is 0. The summed E-state index contributed by atoms with van der Waals surface area (Å²) in [4.78, 5) is 13.3. The lowest BCUT2D eigenvalue weighted by molar-refractivity contribution is -0.140. The molecule has 4 nitrogen and oxygen atoms in total. The quantitative estimate of drug-likeness (QED) is 0.634. The van der Waals surface area contributed by atoms with Gasteiger partial charge in [0.1, 0.15) is 0 Å². The summed E-state index contributed by atoms with van der Waals surface area (Å²) >= 11 is 0. The van der Waals surface area contributed by atoms with Crippen molar-refractivity contribution in [2.24, 2.45) is 11.1 Å². The van der Waals surface area contributed by atoms with Crippen LogP contribution in [-0.2, 0) is 9.53 Å². The molecule has 0 aliphatic carbocycles. The average molecular weight is 184 g/mol. The lowest BCUT2D eigenvalue weighted by Crippen LogP contribution is -2.49. The second-order valence-electron chi connectivity index (χ2n) is 4.54. The highest BCUT2D eigenvalue weighted by molar-refractivity contribution is 5.79. The number of amides is 1. The van der Waals surface area contributed by atoms with E-state index in [0.29, 0.717) is 13.0 Å². The first-order valence-electron chi connectivity index (χ1n) is 4.70. The first-order chi connectivity index (χ1) is 6.09. The lowest BCUT2D eigenvalue weighted by atomic mass is 9.88. The first kappa shape index (κ1) is 8.97. The monoisotopic (exact) mass is 184 g/mol. The van der Waals surface area contributed by atoms with Crippen molar-refractivity contribution in [2.75, 3.05) is 26.3 Å². The van der Waals surface area contributed by atoms with Crippen LogP contribution in [-0.4, -0.2) is 43.2 Å². The fourth-order valence-electron chi connectivity index (χ4n) is 1.96. The third kappa shape index (κ3) is 1.69. The summed E-state index contributed by atoms with van der Waals surface area (Å²) in [6, 6.07) is 0.0390. The van der Waals surface area contributed by atoms with E-state index in [0.717, 1.165) is 19.8 Å². The fourth-order valence-corrected chi connectivity index (χ4v) is 1.96. The smallest absolute Gasteiger partial charge is 0.224 e. The van der Waals surface area contributed by atoms with Gasteiger partial charge in [-0.25, -0.2) is 0 Å². The predicted octanol–water partition coefficient (Wildman–Crippen LogP) is -0.417. The molecule has 0 spiro atoms. The molecule has 1 atom stereocenters. The summed E-state index contributed by atoms with van der Waals surface area (Å²) < 4.78 is 5.14. The van der Waals surface area contributed by atoms with Crippen LogP contribution in [0, 0.1) is 5.41 Å². The average Bonchev–Trinajstić information content (AvgIpc) is 2.27. The highest BCUT2D eigenvalue weighted by atomic mass is 16.5. The van der Waals surface area contributed by atoms with Crippen molar-refractivity contribution in [1.82, 2.24) is 4.90 Å². The fraction of sp³-hybridized carbons (Fsp3) is 0.889. The standard InChI is InChI=1S/C9H16N2O2/c1-9(5-13-6-9)4-11-3-7(10)2-8(11)12/h7H,2-6,10H2,1H3. The van der Waals surface area contributed by atoms with Crippen LogP contribution in [0.1, 0.15) is 13.3 Å². The molecule has 0 aromatic heterocycles. The van der Waals surface area contributed by atoms with Crippen molar-refractivity contribution in [1.29, 1.82) is 0 Å². The van der Waals surface area contributed by atoms with Gasteiger partial charge in [0, 0.05) is 31.0 Å². The van der Waals surface area contributed by atoms with Crippen LogP contribution in [0.3, 0.4) is 0 Å². The van der Waals surface area contributed by atoms with Gasteiger partial charge in [0.15, 0.2) is 0 Å². The molecule has 0 aromatic rings. The second-order valence-corrected chi connectivity index (χ2v) is 4.54. The number of nitrogens with zero attached hydrogens (tertiary/aromatic N) is 1. The molecule has 0 aromatic carbocycles. The Labute approximate surface area is 78.0 Å². The summed E-state index contributed by atoms with van der Waals surface area (Å²) in [6.07, 6.45) is 0.511. The maximum atomic E-state index is 11.4. The molecule has 2 saturated heterocycles. The number of carbonyl (C=O) groups is 1. The molecular weight excluding hydrogens is 168 g/mol. The molecule has 1 amide bonds. The molecule has 4 heteroatoms. The molecule has 2 aliphatic rings. The summed E-state index contributed by atoms with van der Waals surface area (Å²) in [6.45, 7) is 5.21. The Kier molecular flexibility index (Phi) is 2.04. The largest absolute Gasteiger partial charge is 0.380 e. The second kappa shape index (κ2) is 2.96. The third-order valence-corrected chi connectivity index (χ3v) is 2.72. The number of likely N-dealkylation sites (tertiary alicyclic amines) is 1. The van der Waals surface area contributed by atoms with E-state index in [1.54, 1.807) is 0 Å². The van der Waals surface area contributed by atoms with Gasteiger partial charge < -0.3 is 15.4 Å². The van der Waals surface area contributed by atoms with Crippen LogP contribution in [0.15, 0.2) is 0 Å². The van der Waals surface area contributed by atoms with Gasteiger partial charge in [-0.15, -0.1) is 0 Å². The van der Waals surface area contributed by atoms with Gasteiger partial charge in [0.2, 0.25) is 5.91 Å². The lowest BCUT2D eigenvalue weighted by Gasteiger charge is -2.40. The Morgan fingerprint density at radius 1 is 1.69 bits per heavy atom. The van der Waals surface area contributed by atoms with Crippen molar-refractivity contribution in [3.63, 3.8) is 0 Å². The minimum atomic E-state index is 0.0390. The highest BCUT2D eigenvalue weighted by Gasteiger charge is 2.38. The minimum Gasteiger partial charge on any atom is -0.380 e. The summed E-state index contributed by atoms with van der Waals surface area (Å²) in [5.41, 5.74) is 5.88. The van der Waals surface area contributed by atoms with Crippen molar-refractivity contribution >= 4 is 5.91 Å². The Bertz CT molecular complexity index is 226. The Balaban J connectivity index is 1.91. The molecule has 2 N–H and O–H groups in total. The van der Waals surface area contributed by atoms with E-state index < -0.39 is 0 Å². The van der Waals surface area contributed by atoms with Crippen LogP contribution in [0.5, 0.6) is 0 Å². The van der Waals surface area contributed by atoms with Crippen molar-refractivity contribution in [2.45, 2.75) is 19.4 Å². The number of carbonyl (C=O) groups excluding carboxylic acids is 1. The van der Waals surface area contributed by atoms with E-state index in [-0.39, 0.29) is 17.4 Å². The Morgan fingerprint density at radius 2 is 2.38 bits per heavy atom. The van der Waals surface area contributed by atoms with Crippen LogP contribution in [0.25, 0.3) is 0 Å². The first-order valence-corrected chi connectivity index (χ1v) is 4.70. The molecule has 2 rings (SSSR count). The summed E-state index contributed by atoms with van der Waals surface area (Å²) in [5.74, 6) is 0.195. The van der Waals surface area contributed by atoms with Gasteiger partial charge in [-0.3, -0.25) is 4.79 Å². The van der Waals surface area contributed by atoms with Crippen molar-refractivity contribution in [3.8, 4) is 0 Å².